The fraction of sp³-hybridized carbons (Fsp3) is 0.391. The van der Waals surface area contributed by atoms with Crippen LogP contribution in [0.5, 0.6) is 0 Å². The molecule has 152 valence electrons. The molecule has 0 aliphatic rings. The molecule has 0 saturated carbocycles. The molecule has 5 nitrogen and oxygen atoms in total. The van der Waals surface area contributed by atoms with Gasteiger partial charge in [-0.2, -0.15) is 0 Å². The molecule has 0 spiro atoms. The number of carbonyl (C=O) groups excluding carboxylic acids is 1. The number of hydrogen-bond acceptors (Lipinski definition) is 3. The Hall–Kier alpha value is -2.82. The summed E-state index contributed by atoms with van der Waals surface area (Å²) in [7, 11) is 0. The summed E-state index contributed by atoms with van der Waals surface area (Å²) in [5, 5.41) is 11.1. The minimum absolute atomic E-state index is 0.308. The Labute approximate surface area is 167 Å². The van der Waals surface area contributed by atoms with Crippen molar-refractivity contribution in [1.29, 1.82) is 0 Å². The van der Waals surface area contributed by atoms with Crippen LogP contribution in [0.1, 0.15) is 39.7 Å². The quantitative estimate of drug-likeness (QED) is 0.734. The van der Waals surface area contributed by atoms with Gasteiger partial charge < -0.3 is 15.2 Å². The normalized spacial score (nSPS) is 11.6. The van der Waals surface area contributed by atoms with Crippen molar-refractivity contribution in [2.75, 3.05) is 6.54 Å². The maximum atomic E-state index is 11.1. The molecule has 0 saturated heterocycles. The molecular formula is C23H31NO4. The second kappa shape index (κ2) is 11.1. The SMILES string of the molecule is C[C@H](CCNC(=O)OC(C)(C)C)C(=O)O.Cc1ccc(-c2ccccc2)cc1. The molecule has 0 aliphatic heterocycles. The molecule has 0 fully saturated rings. The fourth-order valence-corrected chi connectivity index (χ4v) is 2.21. The zero-order valence-corrected chi connectivity index (χ0v) is 17.4. The summed E-state index contributed by atoms with van der Waals surface area (Å²) in [5.41, 5.74) is 3.34. The van der Waals surface area contributed by atoms with Crippen molar-refractivity contribution in [2.45, 2.75) is 46.6 Å². The highest BCUT2D eigenvalue weighted by atomic mass is 16.6. The monoisotopic (exact) mass is 385 g/mol. The van der Waals surface area contributed by atoms with Crippen molar-refractivity contribution in [2.24, 2.45) is 5.92 Å². The van der Waals surface area contributed by atoms with Crippen LogP contribution in [-0.4, -0.2) is 29.3 Å². The van der Waals surface area contributed by atoms with E-state index < -0.39 is 23.6 Å². The van der Waals surface area contributed by atoms with Crippen molar-refractivity contribution < 1.29 is 19.4 Å². The zero-order valence-electron chi connectivity index (χ0n) is 17.4. The third-order valence-electron chi connectivity index (χ3n) is 3.83. The Morgan fingerprint density at radius 1 is 1.00 bits per heavy atom. The van der Waals surface area contributed by atoms with Crippen LogP contribution in [-0.2, 0) is 9.53 Å². The van der Waals surface area contributed by atoms with E-state index in [1.165, 1.54) is 16.7 Å². The maximum Gasteiger partial charge on any atom is 0.407 e. The number of amides is 1. The summed E-state index contributed by atoms with van der Waals surface area (Å²) >= 11 is 0. The molecule has 1 amide bonds. The molecule has 2 aromatic rings. The Morgan fingerprint density at radius 3 is 2.04 bits per heavy atom. The lowest BCUT2D eigenvalue weighted by molar-refractivity contribution is -0.141. The molecule has 2 aromatic carbocycles. The first-order chi connectivity index (χ1) is 13.1. The van der Waals surface area contributed by atoms with Gasteiger partial charge in [0.2, 0.25) is 0 Å². The van der Waals surface area contributed by atoms with Crippen molar-refractivity contribution >= 4 is 12.1 Å². The van der Waals surface area contributed by atoms with Crippen LogP contribution in [0, 0.1) is 12.8 Å². The lowest BCUT2D eigenvalue weighted by atomic mass is 10.0. The molecule has 28 heavy (non-hydrogen) atoms. The van der Waals surface area contributed by atoms with Crippen molar-refractivity contribution in [3.8, 4) is 11.1 Å². The van der Waals surface area contributed by atoms with Gasteiger partial charge in [-0.3, -0.25) is 4.79 Å². The third kappa shape index (κ3) is 9.76. The highest BCUT2D eigenvalue weighted by molar-refractivity contribution is 5.70. The van der Waals surface area contributed by atoms with Crippen LogP contribution in [0.3, 0.4) is 0 Å². The van der Waals surface area contributed by atoms with E-state index in [4.69, 9.17) is 9.84 Å². The Bertz CT molecular complexity index is 733. The van der Waals surface area contributed by atoms with Crippen LogP contribution >= 0.6 is 0 Å². The molecule has 1 atom stereocenters. The zero-order chi connectivity index (χ0) is 21.2. The van der Waals surface area contributed by atoms with Gasteiger partial charge in [-0.15, -0.1) is 0 Å². The number of hydrogen-bond donors (Lipinski definition) is 2. The number of alkyl carbamates (subject to hydrolysis) is 1. The van der Waals surface area contributed by atoms with E-state index in [0.717, 1.165) is 0 Å². The summed E-state index contributed by atoms with van der Waals surface area (Å²) in [6, 6.07) is 19.0. The van der Waals surface area contributed by atoms with Gasteiger partial charge in [0.05, 0.1) is 5.92 Å². The van der Waals surface area contributed by atoms with Crippen molar-refractivity contribution in [3.63, 3.8) is 0 Å². The molecule has 2 N–H and O–H groups in total. The molecule has 0 radical (unpaired) electrons. The summed E-state index contributed by atoms with van der Waals surface area (Å²) in [4.78, 5) is 21.6. The van der Waals surface area contributed by atoms with Crippen molar-refractivity contribution in [1.82, 2.24) is 5.32 Å². The number of carbonyl (C=O) groups is 2. The second-order valence-electron chi connectivity index (χ2n) is 7.69. The van der Waals surface area contributed by atoms with Crippen LogP contribution < -0.4 is 5.32 Å². The van der Waals surface area contributed by atoms with Gasteiger partial charge >= 0.3 is 12.1 Å². The molecule has 0 unspecified atom stereocenters. The number of carboxylic acids is 1. The van der Waals surface area contributed by atoms with Gasteiger partial charge in [-0.25, -0.2) is 4.79 Å². The highest BCUT2D eigenvalue weighted by Gasteiger charge is 2.16. The van der Waals surface area contributed by atoms with E-state index in [0.29, 0.717) is 13.0 Å². The molecule has 0 aromatic heterocycles. The van der Waals surface area contributed by atoms with E-state index in [2.05, 4.69) is 60.8 Å². The summed E-state index contributed by atoms with van der Waals surface area (Å²) < 4.78 is 4.98. The van der Waals surface area contributed by atoms with Gasteiger partial charge in [0.25, 0.3) is 0 Å². The van der Waals surface area contributed by atoms with E-state index in [1.54, 1.807) is 27.7 Å². The molecular weight excluding hydrogens is 354 g/mol. The summed E-state index contributed by atoms with van der Waals surface area (Å²) in [6.07, 6.45) is -0.116. The Morgan fingerprint density at radius 2 is 1.54 bits per heavy atom. The van der Waals surface area contributed by atoms with Crippen LogP contribution in [0.2, 0.25) is 0 Å². The van der Waals surface area contributed by atoms with Gasteiger partial charge in [-0.05, 0) is 45.2 Å². The minimum atomic E-state index is -0.860. The average Bonchev–Trinajstić information content (AvgIpc) is 2.62. The molecule has 2 rings (SSSR count). The fourth-order valence-electron chi connectivity index (χ4n) is 2.21. The average molecular weight is 386 g/mol. The lowest BCUT2D eigenvalue weighted by Crippen LogP contribution is -2.33. The lowest BCUT2D eigenvalue weighted by Gasteiger charge is -2.19. The first-order valence-electron chi connectivity index (χ1n) is 9.40. The predicted molar refractivity (Wildman–Crippen MR) is 112 cm³/mol. The largest absolute Gasteiger partial charge is 0.481 e. The third-order valence-corrected chi connectivity index (χ3v) is 3.83. The Balaban J connectivity index is 0.000000281. The topological polar surface area (TPSA) is 75.6 Å². The summed E-state index contributed by atoms with van der Waals surface area (Å²) in [6.45, 7) is 9.32. The van der Waals surface area contributed by atoms with Gasteiger partial charge in [0.15, 0.2) is 0 Å². The smallest absolute Gasteiger partial charge is 0.407 e. The van der Waals surface area contributed by atoms with E-state index >= 15 is 0 Å². The number of carboxylic acid groups (broad SMARTS) is 1. The number of rotatable bonds is 5. The number of nitrogens with one attached hydrogen (secondary N) is 1. The molecule has 0 aliphatic carbocycles. The number of benzene rings is 2. The number of aliphatic carboxylic acids is 1. The Kier molecular flexibility index (Phi) is 9.22. The van der Waals surface area contributed by atoms with E-state index in [9.17, 15) is 9.59 Å². The first-order valence-corrected chi connectivity index (χ1v) is 9.40. The van der Waals surface area contributed by atoms with Gasteiger partial charge in [0.1, 0.15) is 5.60 Å². The molecule has 0 bridgehead atoms. The molecule has 5 heteroatoms. The minimum Gasteiger partial charge on any atom is -0.481 e. The van der Waals surface area contributed by atoms with Crippen LogP contribution in [0.4, 0.5) is 4.79 Å². The van der Waals surface area contributed by atoms with Gasteiger partial charge in [-0.1, -0.05) is 67.1 Å². The van der Waals surface area contributed by atoms with Crippen molar-refractivity contribution in [3.05, 3.63) is 60.2 Å². The summed E-state index contributed by atoms with van der Waals surface area (Å²) in [5.74, 6) is -1.32. The van der Waals surface area contributed by atoms with Crippen LogP contribution in [0.25, 0.3) is 11.1 Å². The first kappa shape index (κ1) is 23.2. The van der Waals surface area contributed by atoms with Crippen LogP contribution in [0.15, 0.2) is 54.6 Å². The number of aryl methyl sites for hydroxylation is 1. The molecule has 0 heterocycles. The van der Waals surface area contributed by atoms with E-state index in [1.807, 2.05) is 6.07 Å². The standard InChI is InChI=1S/C13H12.C10H19NO4/c1-11-7-9-13(10-8-11)12-5-3-2-4-6-12;1-7(8(12)13)5-6-11-9(14)15-10(2,3)4/h2-10H,1H3;7H,5-6H2,1-4H3,(H,11,14)(H,12,13)/t;7-/m.1/s1. The van der Waals surface area contributed by atoms with Gasteiger partial charge in [0, 0.05) is 6.54 Å². The maximum absolute atomic E-state index is 11.1. The highest BCUT2D eigenvalue weighted by Crippen LogP contribution is 2.18. The second-order valence-corrected chi connectivity index (χ2v) is 7.69. The predicted octanol–water partition coefficient (Wildman–Crippen LogP) is 5.28. The van der Waals surface area contributed by atoms with E-state index in [-0.39, 0.29) is 0 Å². The number of ether oxygens (including phenoxy) is 1.